The number of nitrogens with two attached hydrogens (primary N) is 1. The summed E-state index contributed by atoms with van der Waals surface area (Å²) >= 11 is 1.37. The van der Waals surface area contributed by atoms with Gasteiger partial charge in [-0.25, -0.2) is 9.18 Å². The van der Waals surface area contributed by atoms with Gasteiger partial charge < -0.3 is 14.9 Å². The minimum absolute atomic E-state index is 0.307. The summed E-state index contributed by atoms with van der Waals surface area (Å²) in [7, 11) is 0. The molecule has 4 nitrogen and oxygen atoms in total. The smallest absolute Gasteiger partial charge is 0.341 e. The Morgan fingerprint density at radius 1 is 1.45 bits per heavy atom. The fourth-order valence-electron chi connectivity index (χ4n) is 1.64. The number of thioether (sulfide) groups is 1. The molecule has 1 heterocycles. The molecular weight excluding hydrogens is 281 g/mol. The van der Waals surface area contributed by atoms with Crippen molar-refractivity contribution in [2.45, 2.75) is 17.6 Å². The Hall–Kier alpha value is -1.95. The Morgan fingerprint density at radius 2 is 2.25 bits per heavy atom. The van der Waals surface area contributed by atoms with Crippen LogP contribution in [0.1, 0.15) is 23.0 Å². The number of anilines is 1. The van der Waals surface area contributed by atoms with Crippen molar-refractivity contribution in [3.05, 3.63) is 47.7 Å². The van der Waals surface area contributed by atoms with Gasteiger partial charge in [-0.3, -0.25) is 0 Å². The zero-order valence-electron chi connectivity index (χ0n) is 10.9. The van der Waals surface area contributed by atoms with Crippen LogP contribution in [0.2, 0.25) is 0 Å². The molecule has 0 atom stereocenters. The lowest BCUT2D eigenvalue weighted by Gasteiger charge is -2.05. The average Bonchev–Trinajstić information content (AvgIpc) is 2.86. The Kier molecular flexibility index (Phi) is 4.68. The molecule has 2 N–H and O–H groups in total. The maximum Gasteiger partial charge on any atom is 0.341 e. The maximum absolute atomic E-state index is 12.9. The summed E-state index contributed by atoms with van der Waals surface area (Å²) in [5.41, 5.74) is 6.49. The Morgan fingerprint density at radius 3 is 2.95 bits per heavy atom. The van der Waals surface area contributed by atoms with Crippen molar-refractivity contribution >= 4 is 23.4 Å². The van der Waals surface area contributed by atoms with Crippen molar-refractivity contribution in [2.75, 3.05) is 12.3 Å². The normalized spacial score (nSPS) is 10.5. The number of nitrogen functional groups attached to an aromatic ring is 1. The van der Waals surface area contributed by atoms with Crippen LogP contribution in [0, 0.1) is 5.82 Å². The molecule has 2 rings (SSSR count). The van der Waals surface area contributed by atoms with E-state index in [1.807, 2.05) is 0 Å². The predicted molar refractivity (Wildman–Crippen MR) is 75.0 cm³/mol. The zero-order valence-corrected chi connectivity index (χ0v) is 11.7. The van der Waals surface area contributed by atoms with Crippen molar-refractivity contribution < 1.29 is 18.3 Å². The summed E-state index contributed by atoms with van der Waals surface area (Å²) in [6.07, 6.45) is 1.44. The molecule has 0 saturated carbocycles. The summed E-state index contributed by atoms with van der Waals surface area (Å²) in [4.78, 5) is 12.4. The summed E-state index contributed by atoms with van der Waals surface area (Å²) in [5, 5.41) is 0. The molecular formula is C14H14FNO3S. The number of hydrogen-bond acceptors (Lipinski definition) is 5. The quantitative estimate of drug-likeness (QED) is 0.520. The van der Waals surface area contributed by atoms with Gasteiger partial charge in [0.15, 0.2) is 0 Å². The summed E-state index contributed by atoms with van der Waals surface area (Å²) < 4.78 is 23.2. The molecule has 6 heteroatoms. The SMILES string of the molecule is CCOC(=O)c1ccoc1CSc1ccc(F)cc1N. The number of hydrogen-bond donors (Lipinski definition) is 1. The van der Waals surface area contributed by atoms with Gasteiger partial charge in [-0.15, -0.1) is 11.8 Å². The predicted octanol–water partition coefficient (Wildman–Crippen LogP) is 3.47. The first-order chi connectivity index (χ1) is 9.61. The monoisotopic (exact) mass is 295 g/mol. The van der Waals surface area contributed by atoms with Crippen LogP contribution in [0.5, 0.6) is 0 Å². The fraction of sp³-hybridized carbons (Fsp3) is 0.214. The third kappa shape index (κ3) is 3.33. The fourth-order valence-corrected chi connectivity index (χ4v) is 2.54. The van der Waals surface area contributed by atoms with E-state index in [2.05, 4.69) is 0 Å². The second-order valence-electron chi connectivity index (χ2n) is 3.95. The molecule has 0 saturated heterocycles. The molecule has 0 spiro atoms. The van der Waals surface area contributed by atoms with Gasteiger partial charge in [0, 0.05) is 10.6 Å². The highest BCUT2D eigenvalue weighted by molar-refractivity contribution is 7.98. The van der Waals surface area contributed by atoms with Crippen molar-refractivity contribution in [3.8, 4) is 0 Å². The molecule has 2 aromatic rings. The minimum Gasteiger partial charge on any atom is -0.468 e. The number of ether oxygens (including phenoxy) is 1. The number of carbonyl (C=O) groups is 1. The largest absolute Gasteiger partial charge is 0.468 e. The van der Waals surface area contributed by atoms with E-state index in [9.17, 15) is 9.18 Å². The van der Waals surface area contributed by atoms with Gasteiger partial charge in [-0.1, -0.05) is 0 Å². The van der Waals surface area contributed by atoms with Gasteiger partial charge in [-0.2, -0.15) is 0 Å². The lowest BCUT2D eigenvalue weighted by molar-refractivity contribution is 0.0524. The molecule has 0 amide bonds. The molecule has 0 aliphatic rings. The van der Waals surface area contributed by atoms with Crippen molar-refractivity contribution in [1.29, 1.82) is 0 Å². The molecule has 1 aromatic heterocycles. The zero-order chi connectivity index (χ0) is 14.5. The van der Waals surface area contributed by atoms with Crippen LogP contribution in [0.3, 0.4) is 0 Å². The number of halogens is 1. The molecule has 0 aliphatic carbocycles. The van der Waals surface area contributed by atoms with Gasteiger partial charge >= 0.3 is 5.97 Å². The summed E-state index contributed by atoms with van der Waals surface area (Å²) in [6, 6.07) is 5.77. The molecule has 0 bridgehead atoms. The van der Waals surface area contributed by atoms with Crippen LogP contribution in [-0.2, 0) is 10.5 Å². The van der Waals surface area contributed by atoms with E-state index in [-0.39, 0.29) is 5.82 Å². The minimum atomic E-state index is -0.413. The second kappa shape index (κ2) is 6.47. The average molecular weight is 295 g/mol. The van der Waals surface area contributed by atoms with Crippen LogP contribution in [0.25, 0.3) is 0 Å². The van der Waals surface area contributed by atoms with Crippen LogP contribution >= 0.6 is 11.8 Å². The molecule has 1 aromatic carbocycles. The molecule has 0 fully saturated rings. The first-order valence-corrected chi connectivity index (χ1v) is 7.01. The van der Waals surface area contributed by atoms with Crippen LogP contribution in [0.4, 0.5) is 10.1 Å². The van der Waals surface area contributed by atoms with Gasteiger partial charge in [0.25, 0.3) is 0 Å². The summed E-state index contributed by atoms with van der Waals surface area (Å²) in [6.45, 7) is 2.05. The van der Waals surface area contributed by atoms with E-state index >= 15 is 0 Å². The van der Waals surface area contributed by atoms with Gasteiger partial charge in [0.1, 0.15) is 17.1 Å². The Bertz CT molecular complexity index is 612. The molecule has 0 aliphatic heterocycles. The lowest BCUT2D eigenvalue weighted by Crippen LogP contribution is -2.05. The van der Waals surface area contributed by atoms with Crippen molar-refractivity contribution in [3.63, 3.8) is 0 Å². The van der Waals surface area contributed by atoms with Gasteiger partial charge in [0.2, 0.25) is 0 Å². The van der Waals surface area contributed by atoms with Crippen molar-refractivity contribution in [2.24, 2.45) is 0 Å². The second-order valence-corrected chi connectivity index (χ2v) is 4.97. The van der Waals surface area contributed by atoms with E-state index in [1.165, 1.54) is 30.2 Å². The van der Waals surface area contributed by atoms with Crippen LogP contribution < -0.4 is 5.73 Å². The Labute approximate surface area is 120 Å². The van der Waals surface area contributed by atoms with Crippen molar-refractivity contribution in [1.82, 2.24) is 0 Å². The van der Waals surface area contributed by atoms with Crippen LogP contribution in [-0.4, -0.2) is 12.6 Å². The number of rotatable bonds is 5. The molecule has 0 unspecified atom stereocenters. The highest BCUT2D eigenvalue weighted by Crippen LogP contribution is 2.30. The molecule has 0 radical (unpaired) electrons. The first kappa shape index (κ1) is 14.5. The van der Waals surface area contributed by atoms with E-state index in [4.69, 9.17) is 14.9 Å². The van der Waals surface area contributed by atoms with E-state index in [0.29, 0.717) is 29.4 Å². The first-order valence-electron chi connectivity index (χ1n) is 6.03. The molecule has 106 valence electrons. The highest BCUT2D eigenvalue weighted by atomic mass is 32.2. The number of carbonyl (C=O) groups excluding carboxylic acids is 1. The van der Waals surface area contributed by atoms with E-state index < -0.39 is 5.97 Å². The Balaban J connectivity index is 2.08. The number of benzene rings is 1. The maximum atomic E-state index is 12.9. The molecule has 20 heavy (non-hydrogen) atoms. The highest BCUT2D eigenvalue weighted by Gasteiger charge is 2.16. The summed E-state index contributed by atoms with van der Waals surface area (Å²) in [5.74, 6) is 0.134. The van der Waals surface area contributed by atoms with Crippen LogP contribution in [0.15, 0.2) is 39.8 Å². The van der Waals surface area contributed by atoms with Gasteiger partial charge in [-0.05, 0) is 31.2 Å². The van der Waals surface area contributed by atoms with E-state index in [1.54, 1.807) is 19.1 Å². The number of furan rings is 1. The third-order valence-corrected chi connectivity index (χ3v) is 3.66. The topological polar surface area (TPSA) is 65.5 Å². The standard InChI is InChI=1S/C14H14FNO3S/c1-2-18-14(17)10-5-6-19-12(10)8-20-13-4-3-9(15)7-11(13)16/h3-7H,2,8,16H2,1H3. The van der Waals surface area contributed by atoms with E-state index in [0.717, 1.165) is 4.90 Å². The third-order valence-electron chi connectivity index (χ3n) is 2.57. The van der Waals surface area contributed by atoms with Gasteiger partial charge in [0.05, 0.1) is 18.6 Å². The number of esters is 1. The lowest BCUT2D eigenvalue weighted by atomic mass is 10.3.